The number of rotatable bonds is 6. The lowest BCUT2D eigenvalue weighted by Gasteiger charge is -2.26. The Hall–Kier alpha value is -2.75. The van der Waals surface area contributed by atoms with Gasteiger partial charge in [-0.25, -0.2) is 9.78 Å². The monoisotopic (exact) mass is 449 g/mol. The topological polar surface area (TPSA) is 123 Å². The number of likely N-dealkylation sites (N-methyl/N-ethyl adjacent to an activating group) is 1. The molecule has 2 saturated heterocycles. The molecule has 0 aliphatic carbocycles. The Morgan fingerprint density at radius 1 is 1.31 bits per heavy atom. The van der Waals surface area contributed by atoms with E-state index in [1.54, 1.807) is 17.0 Å². The molecule has 2 aliphatic heterocycles. The van der Waals surface area contributed by atoms with Crippen LogP contribution in [0.2, 0.25) is 0 Å². The Kier molecular flexibility index (Phi) is 7.33. The Labute approximate surface area is 189 Å². The third-order valence-electron chi connectivity index (χ3n) is 5.67. The molecule has 1 aromatic heterocycles. The number of carbonyl (C=O) groups excluding carboxylic acids is 1. The lowest BCUT2D eigenvalue weighted by atomic mass is 10.1. The quantitative estimate of drug-likeness (QED) is 0.294. The van der Waals surface area contributed by atoms with Gasteiger partial charge < -0.3 is 30.1 Å². The number of hydrogen-bond donors (Lipinski definition) is 2. The summed E-state index contributed by atoms with van der Waals surface area (Å²) in [6.45, 7) is 9.54. The van der Waals surface area contributed by atoms with Crippen LogP contribution in [0.15, 0.2) is 17.3 Å². The average molecular weight is 450 g/mol. The molecule has 1 aromatic rings. The van der Waals surface area contributed by atoms with Crippen LogP contribution in [-0.2, 0) is 4.74 Å². The van der Waals surface area contributed by atoms with E-state index in [1.165, 1.54) is 0 Å². The molecule has 3 heterocycles. The number of carbonyl (C=O) groups is 1. The molecule has 3 rings (SSSR count). The van der Waals surface area contributed by atoms with Crippen LogP contribution in [0.1, 0.15) is 52.7 Å². The van der Waals surface area contributed by atoms with Gasteiger partial charge in [0.2, 0.25) is 5.88 Å². The highest BCUT2D eigenvalue weighted by Crippen LogP contribution is 2.27. The van der Waals surface area contributed by atoms with Crippen molar-refractivity contribution < 1.29 is 24.2 Å². The minimum absolute atomic E-state index is 0.0838. The fourth-order valence-electron chi connectivity index (χ4n) is 4.10. The molecule has 0 bridgehead atoms. The van der Waals surface area contributed by atoms with Crippen molar-refractivity contribution in [3.05, 3.63) is 17.8 Å². The molecular formula is C22H35N5O5. The second-order valence-electron chi connectivity index (χ2n) is 9.48. The normalized spacial score (nSPS) is 23.3. The summed E-state index contributed by atoms with van der Waals surface area (Å²) in [5.41, 5.74) is 5.49. The molecule has 1 amide bonds. The van der Waals surface area contributed by atoms with Crippen LogP contribution < -0.4 is 15.2 Å². The first-order valence-corrected chi connectivity index (χ1v) is 11.1. The van der Waals surface area contributed by atoms with Crippen molar-refractivity contribution in [2.45, 2.75) is 70.8 Å². The molecule has 32 heavy (non-hydrogen) atoms. The molecule has 2 fully saturated rings. The Morgan fingerprint density at radius 3 is 2.69 bits per heavy atom. The first-order chi connectivity index (χ1) is 15.1. The minimum Gasteiger partial charge on any atom is -0.488 e. The van der Waals surface area contributed by atoms with E-state index in [1.807, 2.05) is 27.7 Å². The largest absolute Gasteiger partial charge is 0.488 e. The smallest absolute Gasteiger partial charge is 0.410 e. The Morgan fingerprint density at radius 2 is 2.06 bits per heavy atom. The van der Waals surface area contributed by atoms with Crippen molar-refractivity contribution in [1.29, 1.82) is 0 Å². The molecule has 3 N–H and O–H groups in total. The molecule has 178 valence electrons. The third kappa shape index (κ3) is 6.15. The van der Waals surface area contributed by atoms with E-state index in [4.69, 9.17) is 25.2 Å². The van der Waals surface area contributed by atoms with Crippen LogP contribution >= 0.6 is 0 Å². The van der Waals surface area contributed by atoms with E-state index in [9.17, 15) is 4.79 Å². The SMILES string of the molecule is C[C@H](Oc1cc(O[C@@H]2CCN(C(=O)OC(C)(C)C)C2)cc(/C(N)=N/O)n1)[C@@H]1CCCN1C. The molecule has 0 unspecified atom stereocenters. The van der Waals surface area contributed by atoms with Gasteiger partial charge >= 0.3 is 6.09 Å². The van der Waals surface area contributed by atoms with Crippen molar-refractivity contribution in [3.8, 4) is 11.6 Å². The number of pyridine rings is 1. The van der Waals surface area contributed by atoms with Crippen molar-refractivity contribution in [2.24, 2.45) is 10.9 Å². The number of nitrogens with zero attached hydrogens (tertiary/aromatic N) is 4. The molecule has 0 saturated carbocycles. The number of amides is 1. The molecule has 0 aromatic carbocycles. The summed E-state index contributed by atoms with van der Waals surface area (Å²) < 4.78 is 17.7. The first kappa shape index (κ1) is 23.9. The summed E-state index contributed by atoms with van der Waals surface area (Å²) in [4.78, 5) is 20.6. The van der Waals surface area contributed by atoms with Crippen molar-refractivity contribution in [3.63, 3.8) is 0 Å². The number of ether oxygens (including phenoxy) is 3. The van der Waals surface area contributed by atoms with Gasteiger partial charge in [0.25, 0.3) is 0 Å². The van der Waals surface area contributed by atoms with Crippen molar-refractivity contribution in [2.75, 3.05) is 26.7 Å². The van der Waals surface area contributed by atoms with Crippen LogP contribution in [-0.4, -0.2) is 82.5 Å². The van der Waals surface area contributed by atoms with E-state index >= 15 is 0 Å². The van der Waals surface area contributed by atoms with E-state index in [-0.39, 0.29) is 29.8 Å². The van der Waals surface area contributed by atoms with Crippen LogP contribution in [0.25, 0.3) is 0 Å². The number of amidine groups is 1. The fourth-order valence-corrected chi connectivity index (χ4v) is 4.10. The van der Waals surface area contributed by atoms with Gasteiger partial charge in [-0.3, -0.25) is 4.90 Å². The van der Waals surface area contributed by atoms with Crippen LogP contribution in [0.5, 0.6) is 11.6 Å². The molecule has 10 heteroatoms. The minimum atomic E-state index is -0.548. The van der Waals surface area contributed by atoms with E-state index in [2.05, 4.69) is 22.1 Å². The summed E-state index contributed by atoms with van der Waals surface area (Å²) in [6.07, 6.45) is 2.21. The maximum absolute atomic E-state index is 12.3. The first-order valence-electron chi connectivity index (χ1n) is 11.1. The number of likely N-dealkylation sites (tertiary alicyclic amines) is 2. The summed E-state index contributed by atoms with van der Waals surface area (Å²) in [7, 11) is 2.09. The van der Waals surface area contributed by atoms with Gasteiger partial charge in [0.1, 0.15) is 29.3 Å². The second kappa shape index (κ2) is 9.81. The number of nitrogens with two attached hydrogens (primary N) is 1. The zero-order chi connectivity index (χ0) is 23.5. The van der Waals surface area contributed by atoms with E-state index < -0.39 is 5.60 Å². The highest BCUT2D eigenvalue weighted by Gasteiger charge is 2.32. The molecular weight excluding hydrogens is 414 g/mol. The maximum atomic E-state index is 12.3. The fraction of sp³-hybridized carbons (Fsp3) is 0.682. The van der Waals surface area contributed by atoms with Gasteiger partial charge in [-0.05, 0) is 54.1 Å². The zero-order valence-electron chi connectivity index (χ0n) is 19.6. The summed E-state index contributed by atoms with van der Waals surface area (Å²) in [5.74, 6) is 0.700. The lowest BCUT2D eigenvalue weighted by Crippen LogP contribution is -2.38. The standard InChI is InChI=1S/C22H35N5O5/c1-14(18-7-6-9-26(18)5)30-19-12-16(11-17(24-19)20(23)25-29)31-15-8-10-27(13-15)21(28)32-22(2,3)4/h11-12,14-15,18,29H,6-10,13H2,1-5H3,(H2,23,25)/t14-,15+,18-/m0/s1. The Bertz CT molecular complexity index is 840. The van der Waals surface area contributed by atoms with Gasteiger partial charge in [-0.1, -0.05) is 5.16 Å². The summed E-state index contributed by atoms with van der Waals surface area (Å²) in [5, 5.41) is 12.2. The van der Waals surface area contributed by atoms with Gasteiger partial charge in [-0.2, -0.15) is 0 Å². The van der Waals surface area contributed by atoms with Gasteiger partial charge in [0, 0.05) is 31.1 Å². The number of oxime groups is 1. The molecule has 0 radical (unpaired) electrons. The van der Waals surface area contributed by atoms with Gasteiger partial charge in [-0.15, -0.1) is 0 Å². The third-order valence-corrected chi connectivity index (χ3v) is 5.67. The average Bonchev–Trinajstić information content (AvgIpc) is 3.35. The molecule has 2 aliphatic rings. The van der Waals surface area contributed by atoms with E-state index in [0.717, 1.165) is 19.4 Å². The van der Waals surface area contributed by atoms with Gasteiger partial charge in [0.05, 0.1) is 6.54 Å². The highest BCUT2D eigenvalue weighted by molar-refractivity contribution is 5.95. The predicted molar refractivity (Wildman–Crippen MR) is 119 cm³/mol. The molecule has 10 nitrogen and oxygen atoms in total. The lowest BCUT2D eigenvalue weighted by molar-refractivity contribution is 0.0275. The van der Waals surface area contributed by atoms with Crippen LogP contribution in [0, 0.1) is 0 Å². The summed E-state index contributed by atoms with van der Waals surface area (Å²) >= 11 is 0. The van der Waals surface area contributed by atoms with Crippen molar-refractivity contribution in [1.82, 2.24) is 14.8 Å². The van der Waals surface area contributed by atoms with Crippen LogP contribution in [0.3, 0.4) is 0 Å². The predicted octanol–water partition coefficient (Wildman–Crippen LogP) is 2.43. The Balaban J connectivity index is 1.70. The van der Waals surface area contributed by atoms with Crippen LogP contribution in [0.4, 0.5) is 4.79 Å². The van der Waals surface area contributed by atoms with Gasteiger partial charge in [0.15, 0.2) is 5.84 Å². The van der Waals surface area contributed by atoms with Crippen molar-refractivity contribution >= 4 is 11.9 Å². The molecule has 0 spiro atoms. The highest BCUT2D eigenvalue weighted by atomic mass is 16.6. The van der Waals surface area contributed by atoms with E-state index in [0.29, 0.717) is 37.2 Å². The molecule has 3 atom stereocenters. The number of aromatic nitrogens is 1. The zero-order valence-corrected chi connectivity index (χ0v) is 19.6. The maximum Gasteiger partial charge on any atom is 0.410 e. The summed E-state index contributed by atoms with van der Waals surface area (Å²) in [6, 6.07) is 3.60. The second-order valence-corrected chi connectivity index (χ2v) is 9.48. The number of hydrogen-bond acceptors (Lipinski definition) is 8.